The van der Waals surface area contributed by atoms with Crippen LogP contribution in [0.3, 0.4) is 0 Å². The Kier molecular flexibility index (Phi) is 2.02. The van der Waals surface area contributed by atoms with Crippen molar-refractivity contribution < 1.29 is 4.57 Å². The largest absolute Gasteiger partial charge is 0.348 e. The maximum absolute atomic E-state index is 2.27. The van der Waals surface area contributed by atoms with E-state index in [9.17, 15) is 0 Å². The van der Waals surface area contributed by atoms with Crippen LogP contribution in [0.2, 0.25) is 0 Å². The molecule has 0 N–H and O–H groups in total. The highest BCUT2D eigenvalue weighted by atomic mass is 14.9. The highest BCUT2D eigenvalue weighted by Gasteiger charge is 2.14. The monoisotopic (exact) mass is 225 g/mol. The second-order valence-corrected chi connectivity index (χ2v) is 4.78. The zero-order chi connectivity index (χ0) is 12.2. The molecular formula is C15H17N2+. The molecule has 1 aromatic carbocycles. The summed E-state index contributed by atoms with van der Waals surface area (Å²) >= 11 is 0. The van der Waals surface area contributed by atoms with Gasteiger partial charge in [0.05, 0.1) is 5.39 Å². The van der Waals surface area contributed by atoms with Crippen LogP contribution in [-0.4, -0.2) is 4.57 Å². The Bertz CT molecular complexity index is 736. The van der Waals surface area contributed by atoms with Gasteiger partial charge in [0, 0.05) is 35.8 Å². The van der Waals surface area contributed by atoms with E-state index in [1.165, 1.54) is 33.1 Å². The van der Waals surface area contributed by atoms with Crippen LogP contribution >= 0.6 is 0 Å². The first-order chi connectivity index (χ1) is 8.11. The minimum absolute atomic E-state index is 1.29. The van der Waals surface area contributed by atoms with Gasteiger partial charge in [0.1, 0.15) is 7.05 Å². The number of nitrogens with zero attached hydrogens (tertiary/aromatic N) is 2. The SMILES string of the molecule is Cc1c(C)n(C)c2ccc3c(ccc[n+]3C)c12. The second kappa shape index (κ2) is 3.33. The van der Waals surface area contributed by atoms with Crippen molar-refractivity contribution in [3.05, 3.63) is 41.7 Å². The van der Waals surface area contributed by atoms with E-state index in [4.69, 9.17) is 0 Å². The molecule has 86 valence electrons. The molecule has 2 heteroatoms. The number of pyridine rings is 1. The summed E-state index contributed by atoms with van der Waals surface area (Å²) < 4.78 is 4.45. The number of hydrogen-bond acceptors (Lipinski definition) is 0. The van der Waals surface area contributed by atoms with Crippen LogP contribution in [0.5, 0.6) is 0 Å². The van der Waals surface area contributed by atoms with Gasteiger partial charge in [0.2, 0.25) is 5.52 Å². The Morgan fingerprint density at radius 2 is 1.88 bits per heavy atom. The van der Waals surface area contributed by atoms with Gasteiger partial charge in [0.25, 0.3) is 0 Å². The first-order valence-corrected chi connectivity index (χ1v) is 5.94. The summed E-state index contributed by atoms with van der Waals surface area (Å²) in [4.78, 5) is 0. The molecule has 0 aliphatic rings. The molecule has 0 aliphatic heterocycles. The van der Waals surface area contributed by atoms with Crippen LogP contribution in [0.25, 0.3) is 21.8 Å². The van der Waals surface area contributed by atoms with Gasteiger partial charge >= 0.3 is 0 Å². The lowest BCUT2D eigenvalue weighted by Crippen LogP contribution is -2.27. The molecule has 0 bridgehead atoms. The van der Waals surface area contributed by atoms with Gasteiger partial charge in [-0.25, -0.2) is 4.57 Å². The first-order valence-electron chi connectivity index (χ1n) is 5.94. The lowest BCUT2D eigenvalue weighted by molar-refractivity contribution is -0.644. The maximum Gasteiger partial charge on any atom is 0.213 e. The highest BCUT2D eigenvalue weighted by Crippen LogP contribution is 2.29. The maximum atomic E-state index is 2.27. The highest BCUT2D eigenvalue weighted by molar-refractivity contribution is 6.06. The van der Waals surface area contributed by atoms with E-state index in [0.29, 0.717) is 0 Å². The zero-order valence-corrected chi connectivity index (χ0v) is 10.8. The molecule has 0 spiro atoms. The molecule has 0 saturated heterocycles. The van der Waals surface area contributed by atoms with E-state index in [2.05, 4.69) is 67.5 Å². The van der Waals surface area contributed by atoms with Crippen molar-refractivity contribution in [3.8, 4) is 0 Å². The Hall–Kier alpha value is -1.83. The van der Waals surface area contributed by atoms with Crippen molar-refractivity contribution in [2.24, 2.45) is 14.1 Å². The van der Waals surface area contributed by atoms with E-state index in [0.717, 1.165) is 0 Å². The third kappa shape index (κ3) is 1.24. The van der Waals surface area contributed by atoms with Gasteiger partial charge in [-0.15, -0.1) is 0 Å². The van der Waals surface area contributed by atoms with Gasteiger partial charge in [-0.2, -0.15) is 0 Å². The van der Waals surface area contributed by atoms with Crippen LogP contribution in [-0.2, 0) is 14.1 Å². The average Bonchev–Trinajstić information content (AvgIpc) is 2.55. The Morgan fingerprint density at radius 1 is 1.12 bits per heavy atom. The molecule has 0 fully saturated rings. The Balaban J connectivity index is 2.65. The fraction of sp³-hybridized carbons (Fsp3) is 0.267. The molecule has 0 saturated carbocycles. The molecule has 3 aromatic rings. The average molecular weight is 225 g/mol. The fourth-order valence-corrected chi connectivity index (χ4v) is 2.71. The molecule has 0 amide bonds. The number of benzene rings is 1. The van der Waals surface area contributed by atoms with Crippen LogP contribution in [0.1, 0.15) is 11.3 Å². The zero-order valence-electron chi connectivity index (χ0n) is 10.8. The second-order valence-electron chi connectivity index (χ2n) is 4.78. The van der Waals surface area contributed by atoms with Gasteiger partial charge in [-0.3, -0.25) is 0 Å². The van der Waals surface area contributed by atoms with Gasteiger partial charge < -0.3 is 4.57 Å². The standard InChI is InChI=1S/C15H17N2/c1-10-11(2)17(4)14-8-7-13-12(15(10)14)6-5-9-16(13)3/h5-9H,1-4H3/q+1. The minimum atomic E-state index is 1.29. The molecule has 3 rings (SSSR count). The van der Waals surface area contributed by atoms with Gasteiger partial charge in [-0.1, -0.05) is 0 Å². The molecule has 2 nitrogen and oxygen atoms in total. The van der Waals surface area contributed by atoms with Crippen LogP contribution in [0, 0.1) is 13.8 Å². The van der Waals surface area contributed by atoms with Crippen LogP contribution in [0.15, 0.2) is 30.5 Å². The molecule has 17 heavy (non-hydrogen) atoms. The van der Waals surface area contributed by atoms with E-state index in [-0.39, 0.29) is 0 Å². The molecule has 2 aromatic heterocycles. The Morgan fingerprint density at radius 3 is 2.65 bits per heavy atom. The third-order valence-corrected chi connectivity index (χ3v) is 3.94. The number of aromatic nitrogens is 2. The van der Waals surface area contributed by atoms with Crippen molar-refractivity contribution in [1.29, 1.82) is 0 Å². The molecular weight excluding hydrogens is 208 g/mol. The van der Waals surface area contributed by atoms with Crippen LogP contribution < -0.4 is 4.57 Å². The molecule has 0 aliphatic carbocycles. The Labute approximate surface area is 101 Å². The summed E-state index contributed by atoms with van der Waals surface area (Å²) in [5, 5.41) is 2.73. The summed E-state index contributed by atoms with van der Waals surface area (Å²) in [7, 11) is 4.23. The number of rotatable bonds is 0. The van der Waals surface area contributed by atoms with E-state index < -0.39 is 0 Å². The van der Waals surface area contributed by atoms with Crippen LogP contribution in [0.4, 0.5) is 0 Å². The third-order valence-electron chi connectivity index (χ3n) is 3.94. The summed E-state index contributed by atoms with van der Waals surface area (Å²) in [6.07, 6.45) is 2.10. The summed E-state index contributed by atoms with van der Waals surface area (Å²) in [5.41, 5.74) is 5.34. The normalized spacial score (nSPS) is 11.5. The first kappa shape index (κ1) is 10.3. The number of aryl methyl sites for hydroxylation is 3. The van der Waals surface area contributed by atoms with Crippen molar-refractivity contribution in [2.75, 3.05) is 0 Å². The molecule has 0 atom stereocenters. The fourth-order valence-electron chi connectivity index (χ4n) is 2.71. The minimum Gasteiger partial charge on any atom is -0.348 e. The topological polar surface area (TPSA) is 8.81 Å². The lowest BCUT2D eigenvalue weighted by Gasteiger charge is -2.00. The smallest absolute Gasteiger partial charge is 0.213 e. The van der Waals surface area contributed by atoms with E-state index >= 15 is 0 Å². The number of hydrogen-bond donors (Lipinski definition) is 0. The van der Waals surface area contributed by atoms with E-state index in [1.54, 1.807) is 0 Å². The lowest BCUT2D eigenvalue weighted by atomic mass is 10.1. The molecule has 2 heterocycles. The summed E-state index contributed by atoms with van der Waals surface area (Å²) in [6, 6.07) is 8.75. The quantitative estimate of drug-likeness (QED) is 0.520. The predicted molar refractivity (Wildman–Crippen MR) is 71.1 cm³/mol. The summed E-state index contributed by atoms with van der Waals surface area (Å²) in [5.74, 6) is 0. The van der Waals surface area contributed by atoms with Crippen molar-refractivity contribution >= 4 is 21.8 Å². The van der Waals surface area contributed by atoms with Crippen molar-refractivity contribution in [1.82, 2.24) is 4.57 Å². The van der Waals surface area contributed by atoms with Crippen molar-refractivity contribution in [3.63, 3.8) is 0 Å². The molecule has 0 radical (unpaired) electrons. The summed E-state index contributed by atoms with van der Waals surface area (Å²) in [6.45, 7) is 4.40. The predicted octanol–water partition coefficient (Wildman–Crippen LogP) is 2.77. The van der Waals surface area contributed by atoms with Crippen molar-refractivity contribution in [2.45, 2.75) is 13.8 Å². The molecule has 0 unspecified atom stereocenters. The van der Waals surface area contributed by atoms with Gasteiger partial charge in [-0.05, 0) is 31.5 Å². The van der Waals surface area contributed by atoms with E-state index in [1.807, 2.05) is 0 Å². The number of fused-ring (bicyclic) bond motifs is 3. The van der Waals surface area contributed by atoms with Gasteiger partial charge in [0.15, 0.2) is 6.20 Å².